The maximum Gasteiger partial charge on any atom is 0.408 e. The Bertz CT molecular complexity index is 1240. The minimum atomic E-state index is -4.81. The van der Waals surface area contributed by atoms with Gasteiger partial charge in [-0.3, -0.25) is 14.9 Å². The molecule has 0 aliphatic heterocycles. The van der Waals surface area contributed by atoms with Crippen molar-refractivity contribution >= 4 is 18.0 Å². The summed E-state index contributed by atoms with van der Waals surface area (Å²) in [5.41, 5.74) is 2.03. The van der Waals surface area contributed by atoms with Gasteiger partial charge < -0.3 is 20.1 Å². The molecule has 3 rings (SSSR count). The molecule has 0 radical (unpaired) electrons. The van der Waals surface area contributed by atoms with Gasteiger partial charge in [-0.25, -0.2) is 4.79 Å². The molecule has 0 aliphatic rings. The minimum absolute atomic E-state index is 0.00994. The largest absolute Gasteiger partial charge is 0.468 e. The summed E-state index contributed by atoms with van der Waals surface area (Å²) in [4.78, 5) is 37.9. The van der Waals surface area contributed by atoms with E-state index in [-0.39, 0.29) is 19.4 Å². The van der Waals surface area contributed by atoms with Crippen LogP contribution in [0.5, 0.6) is 0 Å². The second kappa shape index (κ2) is 15.4. The number of ether oxygens (including phenoxy) is 2. The number of halogens is 3. The van der Waals surface area contributed by atoms with Crippen LogP contribution in [0.2, 0.25) is 0 Å². The summed E-state index contributed by atoms with van der Waals surface area (Å²) in [6.45, 7) is -0.945. The van der Waals surface area contributed by atoms with Gasteiger partial charge in [-0.1, -0.05) is 91.0 Å². The summed E-state index contributed by atoms with van der Waals surface area (Å²) in [7, 11) is 1.09. The quantitative estimate of drug-likeness (QED) is 0.269. The number of carbonyl (C=O) groups excluding carboxylic acids is 3. The molecule has 0 unspecified atom stereocenters. The highest BCUT2D eigenvalue weighted by molar-refractivity contribution is 5.86. The highest BCUT2D eigenvalue weighted by Gasteiger charge is 2.42. The van der Waals surface area contributed by atoms with E-state index in [1.54, 1.807) is 84.9 Å². The molecule has 3 atom stereocenters. The predicted octanol–water partition coefficient (Wildman–Crippen LogP) is 3.95. The number of alkyl halides is 3. The fraction of sp³-hybridized carbons (Fsp3) is 0.300. The Hall–Kier alpha value is -4.38. The molecule has 0 spiro atoms. The van der Waals surface area contributed by atoms with Crippen molar-refractivity contribution in [2.75, 3.05) is 13.7 Å². The molecule has 0 saturated heterocycles. The maximum atomic E-state index is 14.0. The van der Waals surface area contributed by atoms with Crippen molar-refractivity contribution < 1.29 is 37.0 Å². The minimum Gasteiger partial charge on any atom is -0.468 e. The first-order valence-corrected chi connectivity index (χ1v) is 12.9. The van der Waals surface area contributed by atoms with Gasteiger partial charge >= 0.3 is 18.2 Å². The number of rotatable bonds is 13. The molecule has 2 amide bonds. The Morgan fingerprint density at radius 3 is 1.73 bits per heavy atom. The summed E-state index contributed by atoms with van der Waals surface area (Å²) in [6.07, 6.45) is -5.76. The van der Waals surface area contributed by atoms with Crippen LogP contribution in [0.4, 0.5) is 18.0 Å². The third kappa shape index (κ3) is 10.6. The Balaban J connectivity index is 1.69. The second-order valence-corrected chi connectivity index (χ2v) is 9.22. The van der Waals surface area contributed by atoms with E-state index in [4.69, 9.17) is 9.47 Å². The van der Waals surface area contributed by atoms with E-state index in [1.165, 1.54) is 0 Å². The Morgan fingerprint density at radius 1 is 0.756 bits per heavy atom. The first-order chi connectivity index (χ1) is 19.7. The molecule has 0 bridgehead atoms. The normalized spacial score (nSPS) is 13.4. The molecule has 0 fully saturated rings. The summed E-state index contributed by atoms with van der Waals surface area (Å²) < 4.78 is 51.9. The van der Waals surface area contributed by atoms with E-state index in [9.17, 15) is 27.6 Å². The molecular formula is C30H32F3N3O5. The lowest BCUT2D eigenvalue weighted by atomic mass is 10.0. The number of esters is 1. The average molecular weight is 572 g/mol. The van der Waals surface area contributed by atoms with Crippen molar-refractivity contribution in [1.82, 2.24) is 16.0 Å². The monoisotopic (exact) mass is 571 g/mol. The summed E-state index contributed by atoms with van der Waals surface area (Å²) in [5.74, 6) is -1.72. The SMILES string of the molecule is COC(=O)[C@@H](Cc1ccccc1)N[C@H](CNC(=O)[C@H](Cc1ccccc1)NC(=O)OCc1ccccc1)C(F)(F)F. The zero-order valence-electron chi connectivity index (χ0n) is 22.4. The third-order valence-electron chi connectivity index (χ3n) is 6.15. The summed E-state index contributed by atoms with van der Waals surface area (Å²) in [5, 5.41) is 7.01. The lowest BCUT2D eigenvalue weighted by Crippen LogP contribution is -2.58. The van der Waals surface area contributed by atoms with Crippen molar-refractivity contribution in [3.63, 3.8) is 0 Å². The topological polar surface area (TPSA) is 106 Å². The average Bonchev–Trinajstić information content (AvgIpc) is 2.97. The van der Waals surface area contributed by atoms with E-state index in [0.717, 1.165) is 12.7 Å². The van der Waals surface area contributed by atoms with Gasteiger partial charge in [0.05, 0.1) is 7.11 Å². The Kier molecular flexibility index (Phi) is 11.7. The molecule has 0 aliphatic carbocycles. The molecule has 0 aromatic heterocycles. The van der Waals surface area contributed by atoms with Gasteiger partial charge in [-0.2, -0.15) is 13.2 Å². The second-order valence-electron chi connectivity index (χ2n) is 9.22. The molecule has 11 heteroatoms. The summed E-state index contributed by atoms with van der Waals surface area (Å²) in [6, 6.07) is 21.3. The van der Waals surface area contributed by atoms with Gasteiger partial charge in [0.2, 0.25) is 5.91 Å². The van der Waals surface area contributed by atoms with Gasteiger partial charge in [0, 0.05) is 13.0 Å². The van der Waals surface area contributed by atoms with E-state index < -0.39 is 48.8 Å². The Labute approximate surface area is 236 Å². The molecule has 3 aromatic rings. The lowest BCUT2D eigenvalue weighted by Gasteiger charge is -2.27. The van der Waals surface area contributed by atoms with Crippen molar-refractivity contribution in [3.8, 4) is 0 Å². The van der Waals surface area contributed by atoms with Gasteiger partial charge in [0.25, 0.3) is 0 Å². The van der Waals surface area contributed by atoms with Crippen LogP contribution in [0, 0.1) is 0 Å². The number of carbonyl (C=O) groups is 3. The van der Waals surface area contributed by atoms with Crippen molar-refractivity contribution in [3.05, 3.63) is 108 Å². The number of methoxy groups -OCH3 is 1. The van der Waals surface area contributed by atoms with Crippen LogP contribution in [0.3, 0.4) is 0 Å². The molecule has 0 heterocycles. The fourth-order valence-electron chi connectivity index (χ4n) is 4.01. The van der Waals surface area contributed by atoms with Crippen LogP contribution in [0.1, 0.15) is 16.7 Å². The molecule has 0 saturated carbocycles. The van der Waals surface area contributed by atoms with Crippen LogP contribution in [0.25, 0.3) is 0 Å². The first-order valence-electron chi connectivity index (χ1n) is 12.9. The standard InChI is InChI=1S/C30H32F3N3O5/c1-40-28(38)25(18-22-13-7-3-8-14-22)35-26(30(31,32)33)19-34-27(37)24(17-21-11-5-2-6-12-21)36-29(39)41-20-23-15-9-4-10-16-23/h2-16,24-26,35H,17-20H2,1H3,(H,34,37)(H,36,39)/t24-,25+,26+/m0/s1. The highest BCUT2D eigenvalue weighted by Crippen LogP contribution is 2.21. The van der Waals surface area contributed by atoms with Gasteiger partial charge in [-0.15, -0.1) is 0 Å². The maximum absolute atomic E-state index is 14.0. The number of nitrogens with one attached hydrogen (secondary N) is 3. The van der Waals surface area contributed by atoms with Crippen molar-refractivity contribution in [2.24, 2.45) is 0 Å². The summed E-state index contributed by atoms with van der Waals surface area (Å²) >= 11 is 0. The first kappa shape index (κ1) is 31.2. The predicted molar refractivity (Wildman–Crippen MR) is 146 cm³/mol. The van der Waals surface area contributed by atoms with Crippen LogP contribution >= 0.6 is 0 Å². The number of amides is 2. The Morgan fingerprint density at radius 2 is 1.24 bits per heavy atom. The molecule has 3 N–H and O–H groups in total. The third-order valence-corrected chi connectivity index (χ3v) is 6.15. The molecule has 8 nitrogen and oxygen atoms in total. The van der Waals surface area contributed by atoms with Crippen molar-refractivity contribution in [1.29, 1.82) is 0 Å². The van der Waals surface area contributed by atoms with Gasteiger partial charge in [0.15, 0.2) is 0 Å². The molecule has 3 aromatic carbocycles. The molecule has 218 valence electrons. The lowest BCUT2D eigenvalue weighted by molar-refractivity contribution is -0.162. The fourth-order valence-corrected chi connectivity index (χ4v) is 4.01. The van der Waals surface area contributed by atoms with Crippen LogP contribution in [-0.4, -0.2) is 55.9 Å². The van der Waals surface area contributed by atoms with E-state index in [0.29, 0.717) is 11.1 Å². The molecule has 41 heavy (non-hydrogen) atoms. The highest BCUT2D eigenvalue weighted by atomic mass is 19.4. The van der Waals surface area contributed by atoms with Gasteiger partial charge in [-0.05, 0) is 23.1 Å². The van der Waals surface area contributed by atoms with Gasteiger partial charge in [0.1, 0.15) is 24.7 Å². The molecular weight excluding hydrogens is 539 g/mol. The van der Waals surface area contributed by atoms with E-state index in [2.05, 4.69) is 16.0 Å². The number of hydrogen-bond donors (Lipinski definition) is 3. The zero-order valence-corrected chi connectivity index (χ0v) is 22.4. The van der Waals surface area contributed by atoms with Crippen LogP contribution < -0.4 is 16.0 Å². The smallest absolute Gasteiger partial charge is 0.408 e. The number of alkyl carbamates (subject to hydrolysis) is 1. The van der Waals surface area contributed by atoms with Crippen LogP contribution in [-0.2, 0) is 38.5 Å². The number of hydrogen-bond acceptors (Lipinski definition) is 6. The van der Waals surface area contributed by atoms with Crippen molar-refractivity contribution in [2.45, 2.75) is 43.8 Å². The number of benzene rings is 3. The van der Waals surface area contributed by atoms with E-state index >= 15 is 0 Å². The zero-order chi connectivity index (χ0) is 29.7. The van der Waals surface area contributed by atoms with Crippen LogP contribution in [0.15, 0.2) is 91.0 Å². The van der Waals surface area contributed by atoms with E-state index in [1.807, 2.05) is 6.07 Å².